The normalized spacial score (nSPS) is 27.9. The largest absolute Gasteiger partial charge is 0.494 e. The van der Waals surface area contributed by atoms with E-state index >= 15 is 0 Å². The van der Waals surface area contributed by atoms with E-state index in [1.54, 1.807) is 0 Å². The van der Waals surface area contributed by atoms with Gasteiger partial charge in [-0.1, -0.05) is 36.7 Å². The lowest BCUT2D eigenvalue weighted by Crippen LogP contribution is -2.36. The minimum Gasteiger partial charge on any atom is -0.494 e. The van der Waals surface area contributed by atoms with E-state index in [4.69, 9.17) is 39.0 Å². The van der Waals surface area contributed by atoms with Gasteiger partial charge in [-0.15, -0.1) is 0 Å². The van der Waals surface area contributed by atoms with Crippen LogP contribution in [0.2, 0.25) is 0 Å². The first kappa shape index (κ1) is 10.6. The number of hydrogen-bond donors (Lipinski definition) is 2. The van der Waals surface area contributed by atoms with Crippen molar-refractivity contribution in [3.63, 3.8) is 0 Å². The lowest BCUT2D eigenvalue weighted by Gasteiger charge is -2.31. The van der Waals surface area contributed by atoms with Gasteiger partial charge < -0.3 is 29.9 Å². The number of hydrogen-bond acceptors (Lipinski definition) is 9. The molecule has 41 heavy (non-hydrogen) atoms. The number of anilines is 4. The van der Waals surface area contributed by atoms with Crippen LogP contribution in [0.1, 0.15) is 39.8 Å². The summed E-state index contributed by atoms with van der Waals surface area (Å²) < 4.78 is 215. The second-order valence-electron chi connectivity index (χ2n) is 7.69. The predicted octanol–water partition coefficient (Wildman–Crippen LogP) is 4.10. The van der Waals surface area contributed by atoms with Crippen molar-refractivity contribution in [3.05, 3.63) is 78.9 Å². The summed E-state index contributed by atoms with van der Waals surface area (Å²) in [7, 11) is -2.58. The molecular weight excluding hydrogens is 520 g/mol. The van der Waals surface area contributed by atoms with Crippen LogP contribution >= 0.6 is 0 Å². The molecule has 0 bridgehead atoms. The minimum absolute atomic E-state index is 0.164. The zero-order chi connectivity index (χ0) is 50.4. The van der Waals surface area contributed by atoms with E-state index in [1.165, 1.54) is 0 Å². The third kappa shape index (κ3) is 6.53. The summed E-state index contributed by atoms with van der Waals surface area (Å²) in [5.74, 6) is -3.61. The monoisotopic (exact) mass is 579 g/mol. The molecule has 2 aromatic carbocycles. The Hall–Kier alpha value is -4.74. The van der Waals surface area contributed by atoms with E-state index in [0.717, 1.165) is 19.3 Å². The Morgan fingerprint density at radius 2 is 2.22 bits per heavy atom. The van der Waals surface area contributed by atoms with E-state index in [9.17, 15) is 4.79 Å². The highest BCUT2D eigenvalue weighted by atomic mass is 16.5. The number of rotatable bonds is 10. The first-order valence-electron chi connectivity index (χ1n) is 23.7. The minimum atomic E-state index is -3.72. The van der Waals surface area contributed by atoms with Gasteiger partial charge in [0.05, 0.1) is 70.3 Å². The lowest BCUT2D eigenvalue weighted by atomic mass is 10.1. The SMILES string of the molecule is [2H]C([2H])=C([2H])C(=O)Nc1cc(Nc2nccc(-n3nc(-c4c([2H])c([2H])c([2H])c([2H])c4[2H])c(C([2H])([2H])N(C)C([2H])([2H])[2H])c3[2H])n2)c(OC([2H])([2H])[2H])cc1N1C([2H])([2H])C([2H])([2H])OC([2H])([2H])C1([2H])[2H]. The van der Waals surface area contributed by atoms with Crippen molar-refractivity contribution in [1.29, 1.82) is 0 Å². The second kappa shape index (κ2) is 12.6. The molecule has 11 heteroatoms. The Labute approximate surface area is 274 Å². The van der Waals surface area contributed by atoms with Crippen LogP contribution in [0.3, 0.4) is 0 Å². The number of nitrogens with zero attached hydrogens (tertiary/aromatic N) is 6. The van der Waals surface area contributed by atoms with Gasteiger partial charge >= 0.3 is 0 Å². The molecule has 0 saturated carbocycles. The van der Waals surface area contributed by atoms with Crippen molar-refractivity contribution >= 4 is 28.9 Å². The molecule has 5 rings (SSSR count). The van der Waals surface area contributed by atoms with E-state index < -0.39 is 153 Å². The maximum absolute atomic E-state index is 13.1. The number of benzene rings is 2. The van der Waals surface area contributed by atoms with Crippen molar-refractivity contribution in [2.24, 2.45) is 0 Å². The van der Waals surface area contributed by atoms with Crippen LogP contribution in [0.4, 0.5) is 23.0 Å². The number of methoxy groups -OCH3 is 1. The van der Waals surface area contributed by atoms with Gasteiger partial charge in [0.1, 0.15) is 5.75 Å². The fraction of sp³-hybridized carbons (Fsp3) is 0.267. The van der Waals surface area contributed by atoms with Crippen LogP contribution in [0.5, 0.6) is 5.75 Å². The fourth-order valence-electron chi connectivity index (χ4n) is 3.38. The van der Waals surface area contributed by atoms with Crippen molar-refractivity contribution < 1.29 is 48.5 Å². The molecular formula is C30H34N8O3. The molecule has 0 unspecified atom stereocenters. The molecule has 1 fully saturated rings. The average molecular weight is 580 g/mol. The van der Waals surface area contributed by atoms with E-state index in [0.29, 0.717) is 16.8 Å². The summed E-state index contributed by atoms with van der Waals surface area (Å²) in [6, 6.07) is -3.49. The highest BCUT2D eigenvalue weighted by Crippen LogP contribution is 2.38. The molecule has 2 aromatic heterocycles. The van der Waals surface area contributed by atoms with Gasteiger partial charge in [0.25, 0.3) is 0 Å². The van der Waals surface area contributed by atoms with Gasteiger partial charge in [-0.05, 0) is 26.1 Å². The van der Waals surface area contributed by atoms with Crippen molar-refractivity contribution in [1.82, 2.24) is 24.6 Å². The Kier molecular flexibility index (Phi) is 3.26. The Morgan fingerprint density at radius 1 is 1.37 bits per heavy atom. The molecule has 4 aromatic rings. The Bertz CT molecular complexity index is 2570. The zero-order valence-corrected chi connectivity index (χ0v) is 20.7. The van der Waals surface area contributed by atoms with Gasteiger partial charge in [-0.2, -0.15) is 10.1 Å². The first-order chi connectivity index (χ1) is 29.8. The van der Waals surface area contributed by atoms with Gasteiger partial charge in [0, 0.05) is 62.0 Å². The molecule has 1 saturated heterocycles. The van der Waals surface area contributed by atoms with E-state index in [-0.39, 0.29) is 9.80 Å². The topological polar surface area (TPSA) is 110 Å². The number of aromatic nitrogens is 4. The van der Waals surface area contributed by atoms with Crippen molar-refractivity contribution in [3.8, 4) is 22.8 Å². The van der Waals surface area contributed by atoms with Crippen molar-refractivity contribution in [2.75, 3.05) is 62.7 Å². The quantitative estimate of drug-likeness (QED) is 0.268. The summed E-state index contributed by atoms with van der Waals surface area (Å²) >= 11 is 0. The van der Waals surface area contributed by atoms with Gasteiger partial charge in [-0.25, -0.2) is 9.67 Å². The number of ether oxygens (including phenoxy) is 2. The van der Waals surface area contributed by atoms with Crippen LogP contribution in [-0.4, -0.2) is 77.7 Å². The lowest BCUT2D eigenvalue weighted by molar-refractivity contribution is -0.111. The third-order valence-electron chi connectivity index (χ3n) is 5.00. The summed E-state index contributed by atoms with van der Waals surface area (Å²) in [4.78, 5) is 21.3. The van der Waals surface area contributed by atoms with Crippen LogP contribution in [0, 0.1) is 0 Å². The molecule has 0 spiro atoms. The fourth-order valence-corrected chi connectivity index (χ4v) is 3.38. The van der Waals surface area contributed by atoms with Gasteiger partial charge in [0.15, 0.2) is 5.82 Å². The highest BCUT2D eigenvalue weighted by molar-refractivity contribution is 6.02. The molecule has 11 nitrogen and oxygen atoms in total. The summed E-state index contributed by atoms with van der Waals surface area (Å²) in [6.07, 6.45) is 0.00192. The maximum atomic E-state index is 13.1. The van der Waals surface area contributed by atoms with Gasteiger partial charge in [-0.3, -0.25) is 4.79 Å². The number of morpholine rings is 1. The molecule has 212 valence electrons. The molecule has 0 atom stereocenters. The Balaban J connectivity index is 1.79. The van der Waals surface area contributed by atoms with Crippen LogP contribution in [0.15, 0.2) is 73.4 Å². The molecule has 2 N–H and O–H groups in total. The highest BCUT2D eigenvalue weighted by Gasteiger charge is 2.20. The summed E-state index contributed by atoms with van der Waals surface area (Å²) in [6.45, 7) is -22.6. The van der Waals surface area contributed by atoms with Crippen LogP contribution in [-0.2, 0) is 16.0 Å². The molecule has 0 aliphatic carbocycles. The number of carbonyl (C=O) groups excluding carboxylic acids is 1. The molecule has 1 aliphatic heterocycles. The maximum Gasteiger partial charge on any atom is 0.247 e. The van der Waals surface area contributed by atoms with E-state index in [2.05, 4.69) is 25.1 Å². The summed E-state index contributed by atoms with van der Waals surface area (Å²) in [5.41, 5.74) is -4.95. The predicted molar refractivity (Wildman–Crippen MR) is 160 cm³/mol. The van der Waals surface area contributed by atoms with E-state index in [1.807, 2.05) is 5.32 Å². The number of carbonyl (C=O) groups is 1. The standard InChI is InChI=1S/C30H34N8O3/c1-5-28(39)32-23-17-24(26(40-4)18-25(23)37-13-15-41-16-14-37)33-30-31-12-11-27(34-30)38-20-22(19-36(2)3)29(35-38)21-9-7-6-8-10-21/h5-12,17-18,20H,1,13-16,19H2,2-4H3,(H,32,39)(H,31,33,34)/i1D2,2D3,4D3,5D,6D,7D,8D,9D,10D,13D2,14D2,15D2,16D2,19D2,20D. The number of amides is 1. The molecule has 0 radical (unpaired) electrons. The molecule has 1 amide bonds. The second-order valence-corrected chi connectivity index (χ2v) is 7.69. The van der Waals surface area contributed by atoms with Crippen LogP contribution < -0.4 is 20.3 Å². The van der Waals surface area contributed by atoms with Gasteiger partial charge in [0.2, 0.25) is 11.9 Å². The average Bonchev–Trinajstić information content (AvgIpc) is 3.52. The molecule has 1 aliphatic rings. The van der Waals surface area contributed by atoms with Crippen LogP contribution in [0.25, 0.3) is 17.1 Å². The first-order valence-corrected chi connectivity index (χ1v) is 11.2. The zero-order valence-electron chi connectivity index (χ0n) is 45.7. The smallest absolute Gasteiger partial charge is 0.247 e. The number of nitrogens with one attached hydrogen (secondary N) is 2. The Morgan fingerprint density at radius 3 is 3.00 bits per heavy atom. The van der Waals surface area contributed by atoms with Crippen molar-refractivity contribution in [2.45, 2.75) is 6.50 Å². The summed E-state index contributed by atoms with van der Waals surface area (Å²) in [5, 5.41) is 8.68. The third-order valence-corrected chi connectivity index (χ3v) is 5.00. The molecule has 3 heterocycles.